The normalized spacial score (nSPS) is 10.1. The van der Waals surface area contributed by atoms with Gasteiger partial charge < -0.3 is 16.2 Å². The number of benzene rings is 1. The molecule has 1 heterocycles. The van der Waals surface area contributed by atoms with Gasteiger partial charge in [-0.3, -0.25) is 0 Å². The smallest absolute Gasteiger partial charge is 0.153 e. The minimum Gasteiger partial charge on any atom is -0.396 e. The van der Waals surface area contributed by atoms with E-state index in [-0.39, 0.29) is 6.61 Å². The summed E-state index contributed by atoms with van der Waals surface area (Å²) in [6.07, 6.45) is 1.68. The lowest BCUT2D eigenvalue weighted by Crippen LogP contribution is -1.98. The predicted molar refractivity (Wildman–Crippen MR) is 64.3 cm³/mol. The Labute approximate surface area is 93.8 Å². The standard InChI is InChI=1S/C12H13N3O/c13-11-2-1-7-14-12(11)15-10-5-3-9(8-16)4-6-10/h1-7,16H,8,13H2,(H,14,15). The highest BCUT2D eigenvalue weighted by atomic mass is 16.3. The third-order valence-corrected chi connectivity index (χ3v) is 2.24. The minimum absolute atomic E-state index is 0.0476. The van der Waals surface area contributed by atoms with Gasteiger partial charge in [0.05, 0.1) is 12.3 Å². The van der Waals surface area contributed by atoms with Gasteiger partial charge in [0.25, 0.3) is 0 Å². The van der Waals surface area contributed by atoms with Crippen molar-refractivity contribution in [2.45, 2.75) is 6.61 Å². The zero-order valence-corrected chi connectivity index (χ0v) is 8.72. The average Bonchev–Trinajstić information content (AvgIpc) is 2.33. The van der Waals surface area contributed by atoms with Crippen molar-refractivity contribution in [1.82, 2.24) is 4.98 Å². The highest BCUT2D eigenvalue weighted by molar-refractivity contribution is 5.68. The fraction of sp³-hybridized carbons (Fsp3) is 0.0833. The summed E-state index contributed by atoms with van der Waals surface area (Å²) in [5, 5.41) is 12.0. The molecule has 0 spiro atoms. The molecule has 0 aliphatic carbocycles. The maximum absolute atomic E-state index is 8.91. The lowest BCUT2D eigenvalue weighted by molar-refractivity contribution is 0.282. The number of aromatic nitrogens is 1. The van der Waals surface area contributed by atoms with Gasteiger partial charge in [0.1, 0.15) is 0 Å². The third-order valence-electron chi connectivity index (χ3n) is 2.24. The second-order valence-electron chi connectivity index (χ2n) is 3.42. The number of aliphatic hydroxyl groups excluding tert-OH is 1. The maximum atomic E-state index is 8.91. The van der Waals surface area contributed by atoms with Crippen LogP contribution in [0.25, 0.3) is 0 Å². The van der Waals surface area contributed by atoms with Gasteiger partial charge in [-0.2, -0.15) is 0 Å². The van der Waals surface area contributed by atoms with Crippen LogP contribution in [0, 0.1) is 0 Å². The first-order valence-corrected chi connectivity index (χ1v) is 4.97. The van der Waals surface area contributed by atoms with Crippen LogP contribution in [-0.4, -0.2) is 10.1 Å². The van der Waals surface area contributed by atoms with Crippen molar-refractivity contribution in [3.63, 3.8) is 0 Å². The molecule has 1 aromatic heterocycles. The molecule has 0 aliphatic heterocycles. The van der Waals surface area contributed by atoms with Crippen LogP contribution in [-0.2, 0) is 6.61 Å². The molecule has 0 saturated carbocycles. The summed E-state index contributed by atoms with van der Waals surface area (Å²) < 4.78 is 0. The highest BCUT2D eigenvalue weighted by Crippen LogP contribution is 2.19. The van der Waals surface area contributed by atoms with E-state index in [1.165, 1.54) is 0 Å². The Kier molecular flexibility index (Phi) is 3.03. The van der Waals surface area contributed by atoms with E-state index in [1.54, 1.807) is 18.3 Å². The van der Waals surface area contributed by atoms with Crippen LogP contribution in [0.3, 0.4) is 0 Å². The molecule has 4 N–H and O–H groups in total. The van der Waals surface area contributed by atoms with Crippen molar-refractivity contribution in [3.05, 3.63) is 48.2 Å². The molecular weight excluding hydrogens is 202 g/mol. The van der Waals surface area contributed by atoms with Crippen LogP contribution >= 0.6 is 0 Å². The van der Waals surface area contributed by atoms with Gasteiger partial charge in [-0.25, -0.2) is 4.98 Å². The summed E-state index contributed by atoms with van der Waals surface area (Å²) >= 11 is 0. The van der Waals surface area contributed by atoms with Crippen molar-refractivity contribution in [3.8, 4) is 0 Å². The average molecular weight is 215 g/mol. The predicted octanol–water partition coefficient (Wildman–Crippen LogP) is 1.90. The largest absolute Gasteiger partial charge is 0.396 e. The van der Waals surface area contributed by atoms with Gasteiger partial charge in [0.15, 0.2) is 5.82 Å². The van der Waals surface area contributed by atoms with Gasteiger partial charge in [0.2, 0.25) is 0 Å². The maximum Gasteiger partial charge on any atom is 0.153 e. The first-order chi connectivity index (χ1) is 7.79. The number of nitrogens with one attached hydrogen (secondary N) is 1. The Morgan fingerprint density at radius 2 is 1.94 bits per heavy atom. The van der Waals surface area contributed by atoms with Crippen LogP contribution in [0.2, 0.25) is 0 Å². The fourth-order valence-electron chi connectivity index (χ4n) is 1.35. The van der Waals surface area contributed by atoms with E-state index >= 15 is 0 Å². The summed E-state index contributed by atoms with van der Waals surface area (Å²) in [5.74, 6) is 0.638. The number of nitrogens with two attached hydrogens (primary N) is 1. The number of aliphatic hydroxyl groups is 1. The Hall–Kier alpha value is -2.07. The van der Waals surface area contributed by atoms with E-state index < -0.39 is 0 Å². The molecule has 0 unspecified atom stereocenters. The molecule has 0 saturated heterocycles. The van der Waals surface area contributed by atoms with E-state index in [9.17, 15) is 0 Å². The van der Waals surface area contributed by atoms with Crippen LogP contribution in [0.15, 0.2) is 42.6 Å². The number of anilines is 3. The summed E-state index contributed by atoms with van der Waals surface area (Å²) in [4.78, 5) is 4.13. The van der Waals surface area contributed by atoms with Crippen LogP contribution in [0.4, 0.5) is 17.2 Å². The van der Waals surface area contributed by atoms with Crippen LogP contribution in [0.5, 0.6) is 0 Å². The van der Waals surface area contributed by atoms with Crippen molar-refractivity contribution < 1.29 is 5.11 Å². The summed E-state index contributed by atoms with van der Waals surface area (Å²) in [6.45, 7) is 0.0476. The monoisotopic (exact) mass is 215 g/mol. The first kappa shape index (κ1) is 10.4. The van der Waals surface area contributed by atoms with Crippen molar-refractivity contribution in [2.75, 3.05) is 11.1 Å². The van der Waals surface area contributed by atoms with Crippen molar-refractivity contribution >= 4 is 17.2 Å². The second-order valence-corrected chi connectivity index (χ2v) is 3.42. The molecule has 2 rings (SSSR count). The Morgan fingerprint density at radius 3 is 2.56 bits per heavy atom. The zero-order valence-electron chi connectivity index (χ0n) is 8.72. The minimum atomic E-state index is 0.0476. The first-order valence-electron chi connectivity index (χ1n) is 4.97. The Bertz CT molecular complexity index is 468. The van der Waals surface area contributed by atoms with Crippen LogP contribution < -0.4 is 11.1 Å². The molecule has 1 aromatic carbocycles. The van der Waals surface area contributed by atoms with E-state index in [0.29, 0.717) is 11.5 Å². The topological polar surface area (TPSA) is 71.2 Å². The van der Waals surface area contributed by atoms with Gasteiger partial charge in [-0.15, -0.1) is 0 Å². The van der Waals surface area contributed by atoms with E-state index in [1.807, 2.05) is 24.3 Å². The zero-order chi connectivity index (χ0) is 11.4. The molecular formula is C12H13N3O. The second kappa shape index (κ2) is 4.63. The number of nitrogens with zero attached hydrogens (tertiary/aromatic N) is 1. The lowest BCUT2D eigenvalue weighted by Gasteiger charge is -2.07. The molecule has 82 valence electrons. The molecule has 0 bridgehead atoms. The number of nitrogen functional groups attached to an aromatic ring is 1. The summed E-state index contributed by atoms with van der Waals surface area (Å²) in [7, 11) is 0. The van der Waals surface area contributed by atoms with Gasteiger partial charge in [0, 0.05) is 11.9 Å². The van der Waals surface area contributed by atoms with E-state index in [4.69, 9.17) is 10.8 Å². The van der Waals surface area contributed by atoms with Crippen molar-refractivity contribution in [2.24, 2.45) is 0 Å². The quantitative estimate of drug-likeness (QED) is 0.731. The van der Waals surface area contributed by atoms with E-state index in [2.05, 4.69) is 10.3 Å². The molecule has 16 heavy (non-hydrogen) atoms. The van der Waals surface area contributed by atoms with Crippen LogP contribution in [0.1, 0.15) is 5.56 Å². The molecule has 0 amide bonds. The molecule has 2 aromatic rings. The Morgan fingerprint density at radius 1 is 1.19 bits per heavy atom. The molecule has 0 fully saturated rings. The third kappa shape index (κ3) is 2.29. The summed E-state index contributed by atoms with van der Waals surface area (Å²) in [5.41, 5.74) is 8.13. The number of hydrogen-bond donors (Lipinski definition) is 3. The van der Waals surface area contributed by atoms with Gasteiger partial charge >= 0.3 is 0 Å². The van der Waals surface area contributed by atoms with Gasteiger partial charge in [-0.05, 0) is 29.8 Å². The van der Waals surface area contributed by atoms with Gasteiger partial charge in [-0.1, -0.05) is 12.1 Å². The lowest BCUT2D eigenvalue weighted by atomic mass is 10.2. The molecule has 4 nitrogen and oxygen atoms in total. The number of hydrogen-bond acceptors (Lipinski definition) is 4. The molecule has 4 heteroatoms. The molecule has 0 radical (unpaired) electrons. The number of pyridine rings is 1. The van der Waals surface area contributed by atoms with E-state index in [0.717, 1.165) is 11.3 Å². The summed E-state index contributed by atoms with van der Waals surface area (Å²) in [6, 6.07) is 11.0. The number of rotatable bonds is 3. The SMILES string of the molecule is Nc1cccnc1Nc1ccc(CO)cc1. The molecule has 0 aliphatic rings. The Balaban J connectivity index is 2.18. The highest BCUT2D eigenvalue weighted by Gasteiger charge is 1.99. The fourth-order valence-corrected chi connectivity index (χ4v) is 1.35. The van der Waals surface area contributed by atoms with Crippen molar-refractivity contribution in [1.29, 1.82) is 0 Å². The molecule has 0 atom stereocenters.